The average Bonchev–Trinajstić information content (AvgIpc) is 2.81. The first kappa shape index (κ1) is 23.1. The highest BCUT2D eigenvalue weighted by molar-refractivity contribution is 8.15. The number of carbonyl (C=O) groups excluding carboxylic acids is 1. The molecule has 0 aliphatic rings. The Labute approximate surface area is 189 Å². The van der Waals surface area contributed by atoms with E-state index in [0.29, 0.717) is 11.4 Å². The quantitative estimate of drug-likeness (QED) is 0.442. The van der Waals surface area contributed by atoms with Gasteiger partial charge in [-0.25, -0.2) is 9.79 Å². The van der Waals surface area contributed by atoms with Crippen molar-refractivity contribution in [1.82, 2.24) is 9.13 Å². The molecule has 8 nitrogen and oxygen atoms in total. The van der Waals surface area contributed by atoms with Gasteiger partial charge in [-0.3, -0.25) is 18.7 Å². The van der Waals surface area contributed by atoms with Crippen LogP contribution in [0, 0.1) is 0 Å². The molecule has 0 radical (unpaired) electrons. The number of benzene rings is 2. The Morgan fingerprint density at radius 2 is 1.69 bits per heavy atom. The zero-order chi connectivity index (χ0) is 23.3. The van der Waals surface area contributed by atoms with Crippen molar-refractivity contribution in [1.29, 1.82) is 0 Å². The van der Waals surface area contributed by atoms with Crippen LogP contribution in [0.5, 0.6) is 5.88 Å². The summed E-state index contributed by atoms with van der Waals surface area (Å²) in [5.41, 5.74) is 0.882. The molecule has 0 fully saturated rings. The van der Waals surface area contributed by atoms with Crippen LogP contribution in [0.1, 0.15) is 18.1 Å². The standard InChI is InChI=1S/C23H24N4O4S/c1-4-15-10-12-17(13-11-15)24-18(28)14-32-20(25-16-8-6-5-7-9-16)19-21(29)26(2)23(31)27(3)22(19)30/h5-13,29H,4,14H2,1-3H3,(H,24,28). The zero-order valence-corrected chi connectivity index (χ0v) is 18.8. The first-order valence-electron chi connectivity index (χ1n) is 9.96. The van der Waals surface area contributed by atoms with Gasteiger partial charge in [-0.15, -0.1) is 0 Å². The summed E-state index contributed by atoms with van der Waals surface area (Å²) in [6.07, 6.45) is 0.904. The van der Waals surface area contributed by atoms with Gasteiger partial charge in [0.15, 0.2) is 0 Å². The largest absolute Gasteiger partial charge is 0.494 e. The Morgan fingerprint density at radius 1 is 1.03 bits per heavy atom. The van der Waals surface area contributed by atoms with Crippen LogP contribution in [-0.2, 0) is 25.3 Å². The average molecular weight is 453 g/mol. The Hall–Kier alpha value is -3.59. The van der Waals surface area contributed by atoms with Crippen molar-refractivity contribution in [2.45, 2.75) is 13.3 Å². The minimum Gasteiger partial charge on any atom is -0.494 e. The summed E-state index contributed by atoms with van der Waals surface area (Å²) < 4.78 is 1.86. The lowest BCUT2D eigenvalue weighted by atomic mass is 10.1. The van der Waals surface area contributed by atoms with Gasteiger partial charge in [0.2, 0.25) is 11.8 Å². The van der Waals surface area contributed by atoms with E-state index in [9.17, 15) is 19.5 Å². The predicted octanol–water partition coefficient (Wildman–Crippen LogP) is 2.80. The second-order valence-corrected chi connectivity index (χ2v) is 8.01. The molecule has 0 aliphatic heterocycles. The number of amides is 1. The van der Waals surface area contributed by atoms with Crippen LogP contribution in [0.2, 0.25) is 0 Å². The number of aromatic nitrogens is 2. The molecule has 32 heavy (non-hydrogen) atoms. The third kappa shape index (κ3) is 5.17. The van der Waals surface area contributed by atoms with Crippen LogP contribution in [0.4, 0.5) is 11.4 Å². The number of hydrogen-bond acceptors (Lipinski definition) is 6. The van der Waals surface area contributed by atoms with Crippen molar-refractivity contribution < 1.29 is 9.90 Å². The summed E-state index contributed by atoms with van der Waals surface area (Å²) in [6.45, 7) is 2.05. The highest BCUT2D eigenvalue weighted by atomic mass is 32.2. The Bertz CT molecular complexity index is 1260. The monoisotopic (exact) mass is 452 g/mol. The maximum absolute atomic E-state index is 12.8. The second kappa shape index (κ2) is 10.1. The van der Waals surface area contributed by atoms with Crippen LogP contribution < -0.4 is 16.6 Å². The summed E-state index contributed by atoms with van der Waals surface area (Å²) in [5.74, 6) is -0.843. The van der Waals surface area contributed by atoms with E-state index >= 15 is 0 Å². The second-order valence-electron chi connectivity index (χ2n) is 7.04. The van der Waals surface area contributed by atoms with E-state index in [1.165, 1.54) is 14.1 Å². The first-order valence-corrected chi connectivity index (χ1v) is 10.9. The number of nitrogens with one attached hydrogen (secondary N) is 1. The Morgan fingerprint density at radius 3 is 2.31 bits per heavy atom. The predicted molar refractivity (Wildman–Crippen MR) is 128 cm³/mol. The van der Waals surface area contributed by atoms with Gasteiger partial charge in [-0.05, 0) is 36.2 Å². The number of nitrogens with zero attached hydrogens (tertiary/aromatic N) is 3. The number of aliphatic imine (C=N–C) groups is 1. The lowest BCUT2D eigenvalue weighted by molar-refractivity contribution is -0.113. The van der Waals surface area contributed by atoms with Crippen LogP contribution >= 0.6 is 11.8 Å². The molecular formula is C23H24N4O4S. The third-order valence-electron chi connectivity index (χ3n) is 4.82. The molecule has 3 aromatic rings. The summed E-state index contributed by atoms with van der Waals surface area (Å²) in [7, 11) is 2.68. The molecule has 0 atom stereocenters. The maximum Gasteiger partial charge on any atom is 0.333 e. The molecule has 2 N–H and O–H groups in total. The van der Waals surface area contributed by atoms with Crippen molar-refractivity contribution in [3.8, 4) is 5.88 Å². The van der Waals surface area contributed by atoms with E-state index in [-0.39, 0.29) is 22.3 Å². The molecular weight excluding hydrogens is 428 g/mol. The molecule has 0 saturated carbocycles. The van der Waals surface area contributed by atoms with E-state index in [0.717, 1.165) is 32.9 Å². The van der Waals surface area contributed by atoms with Gasteiger partial charge in [-0.1, -0.05) is 49.0 Å². The van der Waals surface area contributed by atoms with Gasteiger partial charge in [0.25, 0.3) is 5.56 Å². The molecule has 2 aromatic carbocycles. The Balaban J connectivity index is 1.92. The number of para-hydroxylation sites is 1. The summed E-state index contributed by atoms with van der Waals surface area (Å²) >= 11 is 1.01. The molecule has 3 rings (SSSR count). The molecule has 9 heteroatoms. The van der Waals surface area contributed by atoms with E-state index in [1.807, 2.05) is 30.3 Å². The number of rotatable bonds is 6. The molecule has 0 aliphatic carbocycles. The van der Waals surface area contributed by atoms with Gasteiger partial charge < -0.3 is 10.4 Å². The topological polar surface area (TPSA) is 106 Å². The molecule has 1 heterocycles. The highest BCUT2D eigenvalue weighted by Crippen LogP contribution is 2.23. The number of aryl methyl sites for hydroxylation is 1. The SMILES string of the molecule is CCc1ccc(NC(=O)CSC(=Nc2ccccc2)c2c(O)n(C)c(=O)n(C)c2=O)cc1. The summed E-state index contributed by atoms with van der Waals surface area (Å²) in [6, 6.07) is 16.4. The van der Waals surface area contributed by atoms with E-state index in [4.69, 9.17) is 0 Å². The van der Waals surface area contributed by atoms with Crippen molar-refractivity contribution in [2.75, 3.05) is 11.1 Å². The summed E-state index contributed by atoms with van der Waals surface area (Å²) in [4.78, 5) is 41.9. The molecule has 166 valence electrons. The van der Waals surface area contributed by atoms with Gasteiger partial charge >= 0.3 is 5.69 Å². The number of hydrogen-bond donors (Lipinski definition) is 2. The van der Waals surface area contributed by atoms with E-state index in [2.05, 4.69) is 17.2 Å². The van der Waals surface area contributed by atoms with Gasteiger partial charge in [0.1, 0.15) is 10.6 Å². The lowest BCUT2D eigenvalue weighted by Crippen LogP contribution is -2.39. The highest BCUT2D eigenvalue weighted by Gasteiger charge is 2.21. The fourth-order valence-corrected chi connectivity index (χ4v) is 3.79. The van der Waals surface area contributed by atoms with Crippen LogP contribution in [0.3, 0.4) is 0 Å². The van der Waals surface area contributed by atoms with Crippen molar-refractivity contribution in [3.05, 3.63) is 86.6 Å². The smallest absolute Gasteiger partial charge is 0.333 e. The van der Waals surface area contributed by atoms with Crippen LogP contribution in [0.25, 0.3) is 0 Å². The van der Waals surface area contributed by atoms with Crippen molar-refractivity contribution in [3.63, 3.8) is 0 Å². The number of anilines is 1. The van der Waals surface area contributed by atoms with Gasteiger partial charge in [0.05, 0.1) is 11.4 Å². The lowest BCUT2D eigenvalue weighted by Gasteiger charge is -2.12. The number of thioether (sulfide) groups is 1. The van der Waals surface area contributed by atoms with Gasteiger partial charge in [-0.2, -0.15) is 0 Å². The fourth-order valence-electron chi connectivity index (χ4n) is 2.96. The maximum atomic E-state index is 12.8. The first-order chi connectivity index (χ1) is 15.3. The summed E-state index contributed by atoms with van der Waals surface area (Å²) in [5, 5.41) is 13.5. The van der Waals surface area contributed by atoms with Crippen molar-refractivity contribution in [2.24, 2.45) is 19.1 Å². The van der Waals surface area contributed by atoms with Crippen molar-refractivity contribution >= 4 is 34.1 Å². The minimum absolute atomic E-state index is 0.0490. The van der Waals surface area contributed by atoms with E-state index < -0.39 is 17.1 Å². The van der Waals surface area contributed by atoms with Crippen LogP contribution in [0.15, 0.2) is 69.2 Å². The molecule has 0 spiro atoms. The van der Waals surface area contributed by atoms with Crippen LogP contribution in [-0.4, -0.2) is 30.9 Å². The third-order valence-corrected chi connectivity index (χ3v) is 5.80. The zero-order valence-electron chi connectivity index (χ0n) is 18.0. The van der Waals surface area contributed by atoms with E-state index in [1.54, 1.807) is 24.3 Å². The molecule has 0 saturated heterocycles. The Kier molecular flexibility index (Phi) is 7.32. The number of carbonyl (C=O) groups is 1. The normalized spacial score (nSPS) is 11.4. The molecule has 1 aromatic heterocycles. The molecule has 0 unspecified atom stereocenters. The minimum atomic E-state index is -0.691. The van der Waals surface area contributed by atoms with Gasteiger partial charge in [0, 0.05) is 19.8 Å². The number of aromatic hydroxyl groups is 1. The molecule has 0 bridgehead atoms. The molecule has 1 amide bonds. The fraction of sp³-hybridized carbons (Fsp3) is 0.217.